The first-order valence-corrected chi connectivity index (χ1v) is 13.0. The van der Waals surface area contributed by atoms with Crippen LogP contribution in [-0.2, 0) is 18.9 Å². The van der Waals surface area contributed by atoms with E-state index in [-0.39, 0.29) is 23.6 Å². The molecule has 1 fully saturated rings. The molecule has 0 N–H and O–H groups in total. The Morgan fingerprint density at radius 3 is 1.80 bits per heavy atom. The second kappa shape index (κ2) is 12.9. The Bertz CT molecular complexity index is 1460. The number of esters is 3. The summed E-state index contributed by atoms with van der Waals surface area (Å²) in [6, 6.07) is 25.1. The highest BCUT2D eigenvalue weighted by atomic mass is 16.7. The highest BCUT2D eigenvalue weighted by Crippen LogP contribution is 2.35. The SMILES string of the molecule is CCOc1cn([C@@H]2O[C@H](COC(=O)c3ccccc3)[C@@H](OC(=O)c3ccccc3)[C@H]2OC(=O)c2ccccc2)nn1. The Morgan fingerprint density at radius 2 is 1.27 bits per heavy atom. The van der Waals surface area contributed by atoms with Gasteiger partial charge in [0.05, 0.1) is 29.5 Å². The largest absolute Gasteiger partial charge is 0.476 e. The van der Waals surface area contributed by atoms with E-state index >= 15 is 0 Å². The smallest absolute Gasteiger partial charge is 0.338 e. The van der Waals surface area contributed by atoms with Gasteiger partial charge in [-0.1, -0.05) is 64.9 Å². The first kappa shape index (κ1) is 27.5. The molecule has 0 bridgehead atoms. The number of carbonyl (C=O) groups excluding carboxylic acids is 3. The fourth-order valence-electron chi connectivity index (χ4n) is 4.27. The van der Waals surface area contributed by atoms with Gasteiger partial charge in [-0.2, -0.15) is 0 Å². The van der Waals surface area contributed by atoms with Gasteiger partial charge in [-0.25, -0.2) is 19.1 Å². The second-order valence-corrected chi connectivity index (χ2v) is 8.97. The van der Waals surface area contributed by atoms with E-state index in [9.17, 15) is 14.4 Å². The molecule has 4 atom stereocenters. The number of ether oxygens (including phenoxy) is 5. The molecule has 11 nitrogen and oxygen atoms in total. The van der Waals surface area contributed by atoms with Gasteiger partial charge in [-0.3, -0.25) is 0 Å². The van der Waals surface area contributed by atoms with Crippen molar-refractivity contribution in [2.24, 2.45) is 0 Å². The molecule has 1 aromatic heterocycles. The first-order chi connectivity index (χ1) is 20.0. The highest BCUT2D eigenvalue weighted by molar-refractivity contribution is 5.91. The number of nitrogens with zero attached hydrogens (tertiary/aromatic N) is 3. The zero-order valence-corrected chi connectivity index (χ0v) is 22.1. The molecule has 3 aromatic carbocycles. The van der Waals surface area contributed by atoms with Gasteiger partial charge >= 0.3 is 17.9 Å². The van der Waals surface area contributed by atoms with Gasteiger partial charge in [-0.05, 0) is 43.3 Å². The van der Waals surface area contributed by atoms with Gasteiger partial charge in [0.25, 0.3) is 5.88 Å². The quantitative estimate of drug-likeness (QED) is 0.209. The molecule has 210 valence electrons. The number of rotatable bonds is 10. The normalized spacial score (nSPS) is 19.7. The van der Waals surface area contributed by atoms with Crippen LogP contribution in [0.4, 0.5) is 0 Å². The van der Waals surface area contributed by atoms with Crippen molar-refractivity contribution in [2.45, 2.75) is 31.5 Å². The molecular formula is C30H27N3O8. The van der Waals surface area contributed by atoms with E-state index in [1.54, 1.807) is 97.9 Å². The molecule has 0 unspecified atom stereocenters. The van der Waals surface area contributed by atoms with Crippen molar-refractivity contribution in [1.29, 1.82) is 0 Å². The molecule has 0 saturated carbocycles. The maximum absolute atomic E-state index is 13.2. The molecule has 0 radical (unpaired) electrons. The van der Waals surface area contributed by atoms with Gasteiger partial charge in [0, 0.05) is 0 Å². The molecule has 0 aliphatic carbocycles. The summed E-state index contributed by atoms with van der Waals surface area (Å²) >= 11 is 0. The van der Waals surface area contributed by atoms with Crippen molar-refractivity contribution in [3.8, 4) is 5.88 Å². The van der Waals surface area contributed by atoms with Crippen molar-refractivity contribution < 1.29 is 38.1 Å². The molecule has 41 heavy (non-hydrogen) atoms. The summed E-state index contributed by atoms with van der Waals surface area (Å²) in [5, 5.41) is 8.05. The van der Waals surface area contributed by atoms with E-state index in [1.165, 1.54) is 10.9 Å². The minimum absolute atomic E-state index is 0.223. The van der Waals surface area contributed by atoms with Crippen LogP contribution in [0.15, 0.2) is 97.2 Å². The summed E-state index contributed by atoms with van der Waals surface area (Å²) in [5.74, 6) is -1.71. The predicted octanol–water partition coefficient (Wildman–Crippen LogP) is 3.88. The van der Waals surface area contributed by atoms with Crippen molar-refractivity contribution in [2.75, 3.05) is 13.2 Å². The van der Waals surface area contributed by atoms with E-state index in [2.05, 4.69) is 10.3 Å². The van der Waals surface area contributed by atoms with Crippen molar-refractivity contribution >= 4 is 17.9 Å². The van der Waals surface area contributed by atoms with Gasteiger partial charge in [0.2, 0.25) is 0 Å². The zero-order chi connectivity index (χ0) is 28.6. The van der Waals surface area contributed by atoms with E-state index in [0.29, 0.717) is 12.2 Å². The summed E-state index contributed by atoms with van der Waals surface area (Å²) in [4.78, 5) is 39.0. The molecule has 2 heterocycles. The number of hydrogen-bond acceptors (Lipinski definition) is 10. The van der Waals surface area contributed by atoms with Gasteiger partial charge < -0.3 is 23.7 Å². The molecule has 5 rings (SSSR count). The van der Waals surface area contributed by atoms with E-state index in [1.807, 2.05) is 0 Å². The molecular weight excluding hydrogens is 530 g/mol. The standard InChI is InChI=1S/C30H27N3O8/c1-2-37-24-18-33(32-31-24)27-26(41-30(36)22-16-10-5-11-17-22)25(40-29(35)21-14-8-4-9-15-21)23(39-27)19-38-28(34)20-12-6-3-7-13-20/h3-18,23,25-27H,2,19H2,1H3/t23-,25-,26-,27-/m1/s1. The fraction of sp³-hybridized carbons (Fsp3) is 0.233. The Morgan fingerprint density at radius 1 is 0.756 bits per heavy atom. The first-order valence-electron chi connectivity index (χ1n) is 13.0. The van der Waals surface area contributed by atoms with Crippen LogP contribution in [0.2, 0.25) is 0 Å². The van der Waals surface area contributed by atoms with E-state index in [0.717, 1.165) is 0 Å². The number of hydrogen-bond donors (Lipinski definition) is 0. The Kier molecular flexibility index (Phi) is 8.65. The summed E-state index contributed by atoms with van der Waals surface area (Å²) in [6.45, 7) is 1.85. The van der Waals surface area contributed by atoms with Crippen LogP contribution >= 0.6 is 0 Å². The van der Waals surface area contributed by atoms with Gasteiger partial charge in [-0.15, -0.1) is 0 Å². The number of aromatic nitrogens is 3. The molecule has 4 aromatic rings. The minimum Gasteiger partial charge on any atom is -0.476 e. The van der Waals surface area contributed by atoms with Crippen LogP contribution in [0.5, 0.6) is 5.88 Å². The zero-order valence-electron chi connectivity index (χ0n) is 22.1. The topological polar surface area (TPSA) is 128 Å². The third-order valence-electron chi connectivity index (χ3n) is 6.22. The maximum atomic E-state index is 13.2. The Hall–Kier alpha value is -5.03. The molecule has 0 spiro atoms. The van der Waals surface area contributed by atoms with Crippen molar-refractivity contribution in [1.82, 2.24) is 15.0 Å². The molecule has 1 aliphatic heterocycles. The fourth-order valence-corrected chi connectivity index (χ4v) is 4.27. The predicted molar refractivity (Wildman–Crippen MR) is 143 cm³/mol. The van der Waals surface area contributed by atoms with Gasteiger partial charge in [0.1, 0.15) is 12.7 Å². The molecule has 1 saturated heterocycles. The lowest BCUT2D eigenvalue weighted by Gasteiger charge is -2.24. The minimum atomic E-state index is -1.19. The Labute approximate surface area is 235 Å². The van der Waals surface area contributed by atoms with Gasteiger partial charge in [0.15, 0.2) is 18.4 Å². The van der Waals surface area contributed by atoms with E-state index in [4.69, 9.17) is 23.7 Å². The van der Waals surface area contributed by atoms with Crippen LogP contribution in [-0.4, -0.2) is 64.4 Å². The lowest BCUT2D eigenvalue weighted by atomic mass is 10.1. The van der Waals surface area contributed by atoms with Crippen molar-refractivity contribution in [3.63, 3.8) is 0 Å². The third kappa shape index (κ3) is 6.59. The average Bonchev–Trinajstić information content (AvgIpc) is 3.61. The lowest BCUT2D eigenvalue weighted by molar-refractivity contribution is -0.0678. The van der Waals surface area contributed by atoms with Crippen LogP contribution in [0, 0.1) is 0 Å². The monoisotopic (exact) mass is 557 g/mol. The highest BCUT2D eigenvalue weighted by Gasteiger charge is 2.52. The average molecular weight is 558 g/mol. The van der Waals surface area contributed by atoms with E-state index < -0.39 is 42.4 Å². The van der Waals surface area contributed by atoms with Crippen LogP contribution in [0.3, 0.4) is 0 Å². The summed E-state index contributed by atoms with van der Waals surface area (Å²) < 4.78 is 30.2. The summed E-state index contributed by atoms with van der Waals surface area (Å²) in [7, 11) is 0. The summed E-state index contributed by atoms with van der Waals surface area (Å²) in [5.41, 5.74) is 0.903. The number of benzene rings is 3. The maximum Gasteiger partial charge on any atom is 0.338 e. The molecule has 1 aliphatic rings. The molecule has 11 heteroatoms. The second-order valence-electron chi connectivity index (χ2n) is 8.97. The Balaban J connectivity index is 1.46. The summed E-state index contributed by atoms with van der Waals surface area (Å²) in [6.07, 6.45) is -2.99. The number of carbonyl (C=O) groups is 3. The third-order valence-corrected chi connectivity index (χ3v) is 6.22. The van der Waals surface area contributed by atoms with Crippen molar-refractivity contribution in [3.05, 3.63) is 114 Å². The molecule has 0 amide bonds. The van der Waals surface area contributed by atoms with Crippen LogP contribution < -0.4 is 4.74 Å². The van der Waals surface area contributed by atoms with Crippen LogP contribution in [0.25, 0.3) is 0 Å². The lowest BCUT2D eigenvalue weighted by Crippen LogP contribution is -2.41. The van der Waals surface area contributed by atoms with Crippen LogP contribution in [0.1, 0.15) is 44.2 Å².